The number of ether oxygens (including phenoxy) is 1. The van der Waals surface area contributed by atoms with Gasteiger partial charge in [0.2, 0.25) is 0 Å². The molecule has 0 saturated carbocycles. The van der Waals surface area contributed by atoms with Gasteiger partial charge in [0.1, 0.15) is 5.60 Å². The first-order valence-corrected chi connectivity index (χ1v) is 10.2. The summed E-state index contributed by atoms with van der Waals surface area (Å²) in [4.78, 5) is 18.4. The van der Waals surface area contributed by atoms with Gasteiger partial charge < -0.3 is 25.4 Å². The van der Waals surface area contributed by atoms with Crippen LogP contribution in [0, 0.1) is 5.92 Å². The van der Waals surface area contributed by atoms with Gasteiger partial charge in [0, 0.05) is 39.3 Å². The highest BCUT2D eigenvalue weighted by Crippen LogP contribution is 2.12. The predicted octanol–water partition coefficient (Wildman–Crippen LogP) is 3.60. The van der Waals surface area contributed by atoms with E-state index in [0.717, 1.165) is 38.2 Å². The Balaban J connectivity index is 0. The van der Waals surface area contributed by atoms with Crippen molar-refractivity contribution in [2.24, 2.45) is 10.9 Å². The van der Waals surface area contributed by atoms with E-state index in [9.17, 15) is 9.90 Å². The standard InChI is InChI=1S/C20H42N4O3.HI/c1-8-10-17(12-14-25)15-23-18(21-9-2)22-13-11-16(3)24(7)19(26)27-20(4,5)6;/h16-17,25H,8-15H2,1-7H3,(H2,21,22,23);1H. The van der Waals surface area contributed by atoms with Gasteiger partial charge in [-0.3, -0.25) is 4.99 Å². The van der Waals surface area contributed by atoms with Gasteiger partial charge in [-0.05, 0) is 59.8 Å². The number of hydrogen-bond donors (Lipinski definition) is 3. The first-order chi connectivity index (χ1) is 12.6. The minimum atomic E-state index is -0.488. The maximum Gasteiger partial charge on any atom is 0.410 e. The second kappa shape index (κ2) is 16.1. The molecule has 0 heterocycles. The Hall–Kier alpha value is -0.770. The highest BCUT2D eigenvalue weighted by atomic mass is 127. The van der Waals surface area contributed by atoms with E-state index in [1.54, 1.807) is 11.9 Å². The largest absolute Gasteiger partial charge is 0.444 e. The van der Waals surface area contributed by atoms with Gasteiger partial charge in [-0.2, -0.15) is 0 Å². The lowest BCUT2D eigenvalue weighted by molar-refractivity contribution is 0.0230. The minimum Gasteiger partial charge on any atom is -0.444 e. The molecule has 0 aromatic heterocycles. The van der Waals surface area contributed by atoms with E-state index in [0.29, 0.717) is 19.0 Å². The number of rotatable bonds is 11. The number of aliphatic hydroxyl groups excluding tert-OH is 1. The zero-order valence-corrected chi connectivity index (χ0v) is 21.2. The molecule has 168 valence electrons. The second-order valence-electron chi connectivity index (χ2n) is 8.04. The summed E-state index contributed by atoms with van der Waals surface area (Å²) >= 11 is 0. The average Bonchev–Trinajstić information content (AvgIpc) is 2.57. The van der Waals surface area contributed by atoms with Crippen LogP contribution in [0.5, 0.6) is 0 Å². The van der Waals surface area contributed by atoms with Gasteiger partial charge in [0.15, 0.2) is 5.96 Å². The lowest BCUT2D eigenvalue weighted by Gasteiger charge is -2.29. The molecule has 8 heteroatoms. The van der Waals surface area contributed by atoms with Gasteiger partial charge in [0.05, 0.1) is 0 Å². The third-order valence-electron chi connectivity index (χ3n) is 4.28. The van der Waals surface area contributed by atoms with Gasteiger partial charge >= 0.3 is 6.09 Å². The van der Waals surface area contributed by atoms with E-state index in [2.05, 4.69) is 22.5 Å². The van der Waals surface area contributed by atoms with E-state index >= 15 is 0 Å². The van der Waals surface area contributed by atoms with Gasteiger partial charge in [-0.15, -0.1) is 24.0 Å². The van der Waals surface area contributed by atoms with Crippen LogP contribution in [-0.2, 0) is 4.74 Å². The summed E-state index contributed by atoms with van der Waals surface area (Å²) in [6.45, 7) is 14.2. The molecular formula is C20H43IN4O3. The number of halogens is 1. The van der Waals surface area contributed by atoms with Gasteiger partial charge in [-0.1, -0.05) is 13.3 Å². The lowest BCUT2D eigenvalue weighted by atomic mass is 10.0. The third kappa shape index (κ3) is 14.3. The number of nitrogens with zero attached hydrogens (tertiary/aromatic N) is 2. The number of hydrogen-bond acceptors (Lipinski definition) is 4. The molecule has 0 aromatic rings. The summed E-state index contributed by atoms with van der Waals surface area (Å²) in [6.07, 6.45) is 3.44. The number of guanidine groups is 1. The third-order valence-corrected chi connectivity index (χ3v) is 4.28. The summed E-state index contributed by atoms with van der Waals surface area (Å²) in [5.41, 5.74) is -0.488. The molecular weight excluding hydrogens is 471 g/mol. The first-order valence-electron chi connectivity index (χ1n) is 10.2. The number of carbonyl (C=O) groups excluding carboxylic acids is 1. The van der Waals surface area contributed by atoms with E-state index in [1.165, 1.54) is 0 Å². The molecule has 0 aliphatic heterocycles. The summed E-state index contributed by atoms with van der Waals surface area (Å²) in [7, 11) is 1.77. The molecule has 0 aliphatic rings. The van der Waals surface area contributed by atoms with Crippen molar-refractivity contribution in [2.75, 3.05) is 33.3 Å². The SMILES string of the molecule is CCCC(CCO)CN=C(NCC)NCCC(C)N(C)C(=O)OC(C)(C)C.I. The lowest BCUT2D eigenvalue weighted by Crippen LogP contribution is -2.43. The van der Waals surface area contributed by atoms with Crippen LogP contribution in [0.15, 0.2) is 4.99 Å². The Labute approximate surface area is 189 Å². The fourth-order valence-corrected chi connectivity index (χ4v) is 2.59. The highest BCUT2D eigenvalue weighted by molar-refractivity contribution is 14.0. The molecule has 2 atom stereocenters. The summed E-state index contributed by atoms with van der Waals surface area (Å²) < 4.78 is 5.41. The normalized spacial score (nSPS) is 13.9. The van der Waals surface area contributed by atoms with Crippen molar-refractivity contribution >= 4 is 36.0 Å². The van der Waals surface area contributed by atoms with E-state index in [4.69, 9.17) is 4.74 Å². The molecule has 0 aliphatic carbocycles. The molecule has 0 radical (unpaired) electrons. The zero-order chi connectivity index (χ0) is 20.9. The van der Waals surface area contributed by atoms with Crippen LogP contribution in [0.1, 0.15) is 67.2 Å². The number of aliphatic imine (C=N–C) groups is 1. The van der Waals surface area contributed by atoms with Crippen LogP contribution in [-0.4, -0.2) is 67.0 Å². The van der Waals surface area contributed by atoms with Crippen LogP contribution in [0.2, 0.25) is 0 Å². The average molecular weight is 514 g/mol. The van der Waals surface area contributed by atoms with Crippen LogP contribution in [0.25, 0.3) is 0 Å². The van der Waals surface area contributed by atoms with Crippen LogP contribution in [0.4, 0.5) is 4.79 Å². The number of nitrogens with one attached hydrogen (secondary N) is 2. The van der Waals surface area contributed by atoms with Crippen molar-refractivity contribution in [1.29, 1.82) is 0 Å². The fourth-order valence-electron chi connectivity index (χ4n) is 2.59. The molecule has 0 fully saturated rings. The molecule has 1 amide bonds. The molecule has 28 heavy (non-hydrogen) atoms. The minimum absolute atomic E-state index is 0. The quantitative estimate of drug-likeness (QED) is 0.223. The Morgan fingerprint density at radius 3 is 2.32 bits per heavy atom. The number of aliphatic hydroxyl groups is 1. The van der Waals surface area contributed by atoms with Crippen molar-refractivity contribution in [2.45, 2.75) is 78.9 Å². The highest BCUT2D eigenvalue weighted by Gasteiger charge is 2.22. The molecule has 0 rings (SSSR count). The fraction of sp³-hybridized carbons (Fsp3) is 0.900. The Bertz CT molecular complexity index is 436. The van der Waals surface area contributed by atoms with Crippen LogP contribution >= 0.6 is 24.0 Å². The van der Waals surface area contributed by atoms with Crippen molar-refractivity contribution in [3.05, 3.63) is 0 Å². The maximum atomic E-state index is 12.1. The molecule has 0 aromatic carbocycles. The summed E-state index contributed by atoms with van der Waals surface area (Å²) in [6, 6.07) is 0.0532. The summed E-state index contributed by atoms with van der Waals surface area (Å²) in [5.74, 6) is 1.19. The van der Waals surface area contributed by atoms with Crippen molar-refractivity contribution in [3.63, 3.8) is 0 Å². The Morgan fingerprint density at radius 1 is 1.18 bits per heavy atom. The second-order valence-corrected chi connectivity index (χ2v) is 8.04. The molecule has 2 unspecified atom stereocenters. The van der Waals surface area contributed by atoms with Crippen LogP contribution in [0.3, 0.4) is 0 Å². The molecule has 0 saturated heterocycles. The molecule has 0 spiro atoms. The maximum absolute atomic E-state index is 12.1. The molecule has 3 N–H and O–H groups in total. The number of carbonyl (C=O) groups is 1. The number of amides is 1. The van der Waals surface area contributed by atoms with Gasteiger partial charge in [0.25, 0.3) is 0 Å². The Kier molecular flexibility index (Phi) is 16.9. The molecule has 0 bridgehead atoms. The van der Waals surface area contributed by atoms with Crippen LogP contribution < -0.4 is 10.6 Å². The van der Waals surface area contributed by atoms with E-state index in [1.807, 2.05) is 34.6 Å². The zero-order valence-electron chi connectivity index (χ0n) is 18.9. The summed E-state index contributed by atoms with van der Waals surface area (Å²) in [5, 5.41) is 15.8. The molecule has 7 nitrogen and oxygen atoms in total. The van der Waals surface area contributed by atoms with Gasteiger partial charge in [-0.25, -0.2) is 4.79 Å². The van der Waals surface area contributed by atoms with Crippen molar-refractivity contribution < 1.29 is 14.6 Å². The first kappa shape index (κ1) is 29.4. The van der Waals surface area contributed by atoms with E-state index < -0.39 is 5.60 Å². The smallest absolute Gasteiger partial charge is 0.410 e. The van der Waals surface area contributed by atoms with Crippen molar-refractivity contribution in [3.8, 4) is 0 Å². The monoisotopic (exact) mass is 514 g/mol. The Morgan fingerprint density at radius 2 is 1.82 bits per heavy atom. The predicted molar refractivity (Wildman–Crippen MR) is 128 cm³/mol. The van der Waals surface area contributed by atoms with Crippen molar-refractivity contribution in [1.82, 2.24) is 15.5 Å². The van der Waals surface area contributed by atoms with E-state index in [-0.39, 0.29) is 42.7 Å². The topological polar surface area (TPSA) is 86.2 Å².